The van der Waals surface area contributed by atoms with E-state index in [2.05, 4.69) is 21.0 Å². The molecule has 0 fully saturated rings. The summed E-state index contributed by atoms with van der Waals surface area (Å²) in [5.41, 5.74) is 7.53. The van der Waals surface area contributed by atoms with E-state index in [0.717, 1.165) is 30.7 Å². The molecule has 1 amide bonds. The Bertz CT molecular complexity index is 598. The van der Waals surface area contributed by atoms with E-state index in [9.17, 15) is 14.5 Å². The number of nitrogens with one attached hydrogen (secondary N) is 2. The van der Waals surface area contributed by atoms with Crippen LogP contribution in [0.5, 0.6) is 0 Å². The lowest BCUT2D eigenvalue weighted by atomic mass is 10.1. The van der Waals surface area contributed by atoms with Crippen molar-refractivity contribution >= 4 is 29.2 Å². The molecule has 8 nitrogen and oxygen atoms in total. The van der Waals surface area contributed by atoms with Crippen molar-refractivity contribution in [2.75, 3.05) is 13.2 Å². The summed E-state index contributed by atoms with van der Waals surface area (Å²) >= 11 is 1.12. The van der Waals surface area contributed by atoms with E-state index in [1.54, 1.807) is 6.08 Å². The standard InChI is InChI=1S/C14H16N4O4S/c19-12(8-11-14(18-21)23-9-15-11)22-7-6-16-17-13(20)10-4-2-1-3-5-10/h2,4-5,8-9,14,16H,1,3,6-7H2,(H,17,20). The summed E-state index contributed by atoms with van der Waals surface area (Å²) in [6.07, 6.45) is 8.50. The maximum atomic E-state index is 11.7. The van der Waals surface area contributed by atoms with Crippen molar-refractivity contribution in [3.05, 3.63) is 40.5 Å². The number of rotatable bonds is 7. The van der Waals surface area contributed by atoms with Gasteiger partial charge in [-0.1, -0.05) is 30.0 Å². The highest BCUT2D eigenvalue weighted by molar-refractivity contribution is 8.13. The second-order valence-electron chi connectivity index (χ2n) is 4.59. The van der Waals surface area contributed by atoms with Gasteiger partial charge < -0.3 is 4.74 Å². The van der Waals surface area contributed by atoms with Gasteiger partial charge in [0.2, 0.25) is 0 Å². The predicted molar refractivity (Wildman–Crippen MR) is 87.3 cm³/mol. The topological polar surface area (TPSA) is 109 Å². The van der Waals surface area contributed by atoms with Crippen molar-refractivity contribution in [2.24, 2.45) is 10.2 Å². The van der Waals surface area contributed by atoms with Gasteiger partial charge in [-0.25, -0.2) is 10.2 Å². The minimum absolute atomic E-state index is 0.0633. The summed E-state index contributed by atoms with van der Waals surface area (Å²) in [5.74, 6) is -0.842. The van der Waals surface area contributed by atoms with Crippen LogP contribution in [0.4, 0.5) is 0 Å². The summed E-state index contributed by atoms with van der Waals surface area (Å²) < 4.78 is 4.94. The fourth-order valence-corrected chi connectivity index (χ4v) is 2.45. The monoisotopic (exact) mass is 336 g/mol. The smallest absolute Gasteiger partial charge is 0.332 e. The van der Waals surface area contributed by atoms with Gasteiger partial charge in [0.05, 0.1) is 11.2 Å². The van der Waals surface area contributed by atoms with Crippen LogP contribution in [0.25, 0.3) is 0 Å². The van der Waals surface area contributed by atoms with Crippen LogP contribution in [0.3, 0.4) is 0 Å². The van der Waals surface area contributed by atoms with Crippen molar-refractivity contribution in [3.8, 4) is 0 Å². The maximum Gasteiger partial charge on any atom is 0.332 e. The molecule has 1 unspecified atom stereocenters. The van der Waals surface area contributed by atoms with E-state index < -0.39 is 11.3 Å². The van der Waals surface area contributed by atoms with E-state index in [-0.39, 0.29) is 24.8 Å². The third kappa shape index (κ3) is 5.46. The van der Waals surface area contributed by atoms with Gasteiger partial charge in [-0.15, -0.1) is 4.91 Å². The van der Waals surface area contributed by atoms with Gasteiger partial charge in [-0.3, -0.25) is 15.2 Å². The molecule has 0 bridgehead atoms. The summed E-state index contributed by atoms with van der Waals surface area (Å²) in [6.45, 7) is 0.318. The summed E-state index contributed by atoms with van der Waals surface area (Å²) in [4.78, 5) is 37.6. The van der Waals surface area contributed by atoms with Crippen LogP contribution in [0.1, 0.15) is 12.8 Å². The number of amides is 1. The number of ether oxygens (including phenoxy) is 1. The van der Waals surface area contributed by atoms with Crippen LogP contribution < -0.4 is 10.9 Å². The number of thioether (sulfide) groups is 1. The molecule has 2 N–H and O–H groups in total. The number of carbonyl (C=O) groups is 2. The second kappa shape index (κ2) is 9.01. The highest BCUT2D eigenvalue weighted by Crippen LogP contribution is 2.25. The molecule has 0 spiro atoms. The SMILES string of the molecule is O=NC1SC=NC1=CC(=O)OCCNNC(=O)C1=CCCC=C1. The maximum absolute atomic E-state index is 11.7. The number of esters is 1. The average molecular weight is 336 g/mol. The lowest BCUT2D eigenvalue weighted by Gasteiger charge is -2.09. The number of hydrogen-bond acceptors (Lipinski definition) is 8. The molecule has 1 atom stereocenters. The first-order valence-corrected chi connectivity index (χ1v) is 7.93. The Kier molecular flexibility index (Phi) is 6.70. The van der Waals surface area contributed by atoms with Gasteiger partial charge in [0.15, 0.2) is 5.37 Å². The first kappa shape index (κ1) is 17.1. The van der Waals surface area contributed by atoms with Crippen molar-refractivity contribution in [1.29, 1.82) is 0 Å². The number of hydrogen-bond donors (Lipinski definition) is 2. The first-order chi connectivity index (χ1) is 11.2. The zero-order chi connectivity index (χ0) is 16.5. The van der Waals surface area contributed by atoms with Gasteiger partial charge in [-0.2, -0.15) is 0 Å². The van der Waals surface area contributed by atoms with E-state index in [1.807, 2.05) is 12.2 Å². The lowest BCUT2D eigenvalue weighted by molar-refractivity contribution is -0.137. The van der Waals surface area contributed by atoms with Crippen molar-refractivity contribution in [1.82, 2.24) is 10.9 Å². The van der Waals surface area contributed by atoms with Crippen LogP contribution >= 0.6 is 11.8 Å². The quantitative estimate of drug-likeness (QED) is 0.237. The molecule has 0 aromatic rings. The Morgan fingerprint density at radius 1 is 1.48 bits per heavy atom. The van der Waals surface area contributed by atoms with Crippen LogP contribution in [0.15, 0.2) is 45.7 Å². The molecular formula is C14H16N4O4S. The van der Waals surface area contributed by atoms with Gasteiger partial charge in [0.1, 0.15) is 6.61 Å². The van der Waals surface area contributed by atoms with Crippen LogP contribution in [0, 0.1) is 4.91 Å². The van der Waals surface area contributed by atoms with E-state index >= 15 is 0 Å². The summed E-state index contributed by atoms with van der Waals surface area (Å²) in [5, 5.41) is 2.14. The van der Waals surface area contributed by atoms with Gasteiger partial charge in [0.25, 0.3) is 5.91 Å². The molecule has 1 aliphatic heterocycles. The summed E-state index contributed by atoms with van der Waals surface area (Å²) in [7, 11) is 0. The number of carbonyl (C=O) groups excluding carboxylic acids is 2. The van der Waals surface area contributed by atoms with E-state index in [0.29, 0.717) is 5.57 Å². The highest BCUT2D eigenvalue weighted by atomic mass is 32.2. The van der Waals surface area contributed by atoms with Gasteiger partial charge in [0, 0.05) is 18.2 Å². The normalized spacial score (nSPS) is 21.1. The molecule has 9 heteroatoms. The number of hydrazine groups is 1. The molecule has 1 aliphatic carbocycles. The van der Waals surface area contributed by atoms with E-state index in [4.69, 9.17) is 4.74 Å². The fourth-order valence-electron chi connectivity index (χ4n) is 1.83. The number of allylic oxidation sites excluding steroid dienone is 2. The van der Waals surface area contributed by atoms with E-state index in [1.165, 1.54) is 5.55 Å². The first-order valence-electron chi connectivity index (χ1n) is 6.99. The highest BCUT2D eigenvalue weighted by Gasteiger charge is 2.20. The molecule has 0 radical (unpaired) electrons. The molecule has 2 aliphatic rings. The molecule has 1 heterocycles. The molecular weight excluding hydrogens is 320 g/mol. The zero-order valence-corrected chi connectivity index (χ0v) is 13.0. The third-order valence-electron chi connectivity index (χ3n) is 2.94. The number of aliphatic imine (C=N–C) groups is 1. The fraction of sp³-hybridized carbons (Fsp3) is 0.357. The second-order valence-corrected chi connectivity index (χ2v) is 5.51. The average Bonchev–Trinajstić information content (AvgIpc) is 3.02. The number of nitroso groups, excluding NO2 is 1. The minimum atomic E-state index is -0.697. The molecule has 0 aromatic carbocycles. The Hall–Kier alpha value is -2.26. The third-order valence-corrected chi connectivity index (χ3v) is 3.75. The van der Waals surface area contributed by atoms with Crippen molar-refractivity contribution in [2.45, 2.75) is 18.2 Å². The molecule has 0 saturated carbocycles. The minimum Gasteiger partial charge on any atom is -0.461 e. The Balaban J connectivity index is 1.63. The van der Waals surface area contributed by atoms with Crippen molar-refractivity contribution in [3.63, 3.8) is 0 Å². The molecule has 0 saturated heterocycles. The molecule has 122 valence electrons. The van der Waals surface area contributed by atoms with Crippen molar-refractivity contribution < 1.29 is 14.3 Å². The van der Waals surface area contributed by atoms with Crippen LogP contribution in [0.2, 0.25) is 0 Å². The largest absolute Gasteiger partial charge is 0.461 e. The van der Waals surface area contributed by atoms with Gasteiger partial charge >= 0.3 is 5.97 Å². The number of nitrogens with zero attached hydrogens (tertiary/aromatic N) is 2. The molecule has 23 heavy (non-hydrogen) atoms. The zero-order valence-electron chi connectivity index (χ0n) is 12.2. The van der Waals surface area contributed by atoms with Crippen LogP contribution in [-0.2, 0) is 14.3 Å². The molecule has 2 rings (SSSR count). The predicted octanol–water partition coefficient (Wildman–Crippen LogP) is 1.18. The Morgan fingerprint density at radius 2 is 2.35 bits per heavy atom. The Morgan fingerprint density at radius 3 is 3.09 bits per heavy atom. The summed E-state index contributed by atoms with van der Waals surface area (Å²) in [6, 6.07) is 0. The Labute approximate surface area is 137 Å². The lowest BCUT2D eigenvalue weighted by Crippen LogP contribution is -2.40. The van der Waals surface area contributed by atoms with Crippen LogP contribution in [-0.4, -0.2) is 35.9 Å². The molecule has 0 aromatic heterocycles. The van der Waals surface area contributed by atoms with Gasteiger partial charge in [-0.05, 0) is 18.0 Å².